The lowest BCUT2D eigenvalue weighted by Gasteiger charge is -2.18. The number of amides is 2. The van der Waals surface area contributed by atoms with Gasteiger partial charge in [-0.3, -0.25) is 9.59 Å². The van der Waals surface area contributed by atoms with E-state index < -0.39 is 11.9 Å². The van der Waals surface area contributed by atoms with Gasteiger partial charge in [0.1, 0.15) is 5.00 Å². The second kappa shape index (κ2) is 10.2. The molecule has 0 radical (unpaired) electrons. The number of hydrogen-bond acceptors (Lipinski definition) is 5. The van der Waals surface area contributed by atoms with Gasteiger partial charge in [0, 0.05) is 12.3 Å². The molecule has 1 aromatic heterocycles. The molecule has 0 aliphatic rings. The zero-order valence-corrected chi connectivity index (χ0v) is 19.1. The van der Waals surface area contributed by atoms with E-state index in [1.165, 1.54) is 0 Å². The first-order valence-electron chi connectivity index (χ1n) is 10.3. The van der Waals surface area contributed by atoms with Gasteiger partial charge < -0.3 is 15.8 Å². The van der Waals surface area contributed by atoms with Crippen LogP contribution in [0.3, 0.4) is 0 Å². The van der Waals surface area contributed by atoms with Gasteiger partial charge in [0.05, 0.1) is 16.5 Å². The molecule has 3 aromatic rings. The molecule has 3 rings (SSSR count). The number of nitrogens with one attached hydrogen (secondary N) is 1. The Morgan fingerprint density at radius 2 is 1.50 bits per heavy atom. The Morgan fingerprint density at radius 1 is 0.969 bits per heavy atom. The molecule has 0 aliphatic carbocycles. The van der Waals surface area contributed by atoms with Crippen LogP contribution in [0.25, 0.3) is 0 Å². The number of rotatable bonds is 8. The number of nitrogens with two attached hydrogens (primary N) is 1. The normalized spacial score (nSPS) is 10.9. The molecule has 7 heteroatoms. The summed E-state index contributed by atoms with van der Waals surface area (Å²) in [5.74, 6) is -1.70. The number of esters is 1. The molecule has 3 N–H and O–H groups in total. The van der Waals surface area contributed by atoms with Crippen LogP contribution in [-0.2, 0) is 9.53 Å². The third kappa shape index (κ3) is 5.42. The molecule has 0 saturated heterocycles. The Hall–Kier alpha value is -3.45. The van der Waals surface area contributed by atoms with Crippen molar-refractivity contribution in [2.45, 2.75) is 39.2 Å². The van der Waals surface area contributed by atoms with E-state index in [1.807, 2.05) is 60.7 Å². The van der Waals surface area contributed by atoms with Gasteiger partial charge in [-0.05, 0) is 37.5 Å². The standard InChI is InChI=1S/C25H26N2O4S/c1-15(2)31-25(30)21-16(3)22(23(26)29)32-24(21)27-20(28)14-19(17-10-6-4-7-11-17)18-12-8-5-9-13-18/h4-13,15,19H,14H2,1-3H3,(H2,26,29)(H,27,28). The quantitative estimate of drug-likeness (QED) is 0.478. The zero-order valence-electron chi connectivity index (χ0n) is 18.3. The fourth-order valence-corrected chi connectivity index (χ4v) is 4.58. The SMILES string of the molecule is Cc1c(C(N)=O)sc(NC(=O)CC(c2ccccc2)c2ccccc2)c1C(=O)OC(C)C. The first-order chi connectivity index (χ1) is 15.3. The summed E-state index contributed by atoms with van der Waals surface area (Å²) in [6, 6.07) is 19.5. The van der Waals surface area contributed by atoms with E-state index in [9.17, 15) is 14.4 Å². The Balaban J connectivity index is 1.91. The first kappa shape index (κ1) is 23.2. The summed E-state index contributed by atoms with van der Waals surface area (Å²) in [7, 11) is 0. The van der Waals surface area contributed by atoms with Gasteiger partial charge in [0.15, 0.2) is 0 Å². The number of primary amides is 1. The van der Waals surface area contributed by atoms with Crippen LogP contribution in [0, 0.1) is 6.92 Å². The fourth-order valence-electron chi connectivity index (χ4n) is 3.52. The van der Waals surface area contributed by atoms with Crippen molar-refractivity contribution in [1.82, 2.24) is 0 Å². The number of carbonyl (C=O) groups is 3. The first-order valence-corrected chi connectivity index (χ1v) is 11.1. The highest BCUT2D eigenvalue weighted by molar-refractivity contribution is 7.18. The van der Waals surface area contributed by atoms with Crippen LogP contribution >= 0.6 is 11.3 Å². The number of carbonyl (C=O) groups excluding carboxylic acids is 3. The molecule has 32 heavy (non-hydrogen) atoms. The summed E-state index contributed by atoms with van der Waals surface area (Å²) in [6.07, 6.45) is -0.182. The van der Waals surface area contributed by atoms with Gasteiger partial charge in [-0.1, -0.05) is 60.7 Å². The molecule has 0 saturated carbocycles. The van der Waals surface area contributed by atoms with Gasteiger partial charge >= 0.3 is 5.97 Å². The summed E-state index contributed by atoms with van der Waals surface area (Å²) in [5, 5.41) is 3.09. The van der Waals surface area contributed by atoms with Crippen molar-refractivity contribution < 1.29 is 19.1 Å². The second-order valence-electron chi connectivity index (χ2n) is 7.70. The highest BCUT2D eigenvalue weighted by Crippen LogP contribution is 2.35. The number of ether oxygens (including phenoxy) is 1. The molecule has 2 aromatic carbocycles. The van der Waals surface area contributed by atoms with E-state index in [0.717, 1.165) is 22.5 Å². The molecule has 6 nitrogen and oxygen atoms in total. The Morgan fingerprint density at radius 3 is 1.97 bits per heavy atom. The van der Waals surface area contributed by atoms with Gasteiger partial charge in [0.2, 0.25) is 5.91 Å². The van der Waals surface area contributed by atoms with Crippen molar-refractivity contribution in [1.29, 1.82) is 0 Å². The van der Waals surface area contributed by atoms with Crippen molar-refractivity contribution in [2.75, 3.05) is 5.32 Å². The molecule has 0 fully saturated rings. The second-order valence-corrected chi connectivity index (χ2v) is 8.73. The predicted molar refractivity (Wildman–Crippen MR) is 126 cm³/mol. The van der Waals surface area contributed by atoms with Crippen molar-refractivity contribution in [3.8, 4) is 0 Å². The van der Waals surface area contributed by atoms with E-state index in [1.54, 1.807) is 20.8 Å². The van der Waals surface area contributed by atoms with Crippen LogP contribution in [0.4, 0.5) is 5.00 Å². The molecule has 0 unspecified atom stereocenters. The minimum Gasteiger partial charge on any atom is -0.459 e. The van der Waals surface area contributed by atoms with Gasteiger partial charge in [0.25, 0.3) is 5.91 Å². The highest BCUT2D eigenvalue weighted by Gasteiger charge is 2.27. The molecule has 0 bridgehead atoms. The van der Waals surface area contributed by atoms with E-state index in [2.05, 4.69) is 5.32 Å². The van der Waals surface area contributed by atoms with Crippen LogP contribution < -0.4 is 11.1 Å². The van der Waals surface area contributed by atoms with E-state index in [4.69, 9.17) is 10.5 Å². The average Bonchev–Trinajstić information content (AvgIpc) is 3.08. The number of hydrogen-bond donors (Lipinski definition) is 2. The summed E-state index contributed by atoms with van der Waals surface area (Å²) in [4.78, 5) is 37.8. The number of benzene rings is 2. The molecule has 166 valence electrons. The van der Waals surface area contributed by atoms with Crippen LogP contribution in [0.15, 0.2) is 60.7 Å². The molecule has 2 amide bonds. The Bertz CT molecular complexity index is 1070. The van der Waals surface area contributed by atoms with Crippen LogP contribution in [0.1, 0.15) is 62.9 Å². The van der Waals surface area contributed by atoms with Crippen molar-refractivity contribution in [3.63, 3.8) is 0 Å². The summed E-state index contributed by atoms with van der Waals surface area (Å²) in [6.45, 7) is 5.09. The van der Waals surface area contributed by atoms with E-state index in [-0.39, 0.29) is 39.8 Å². The van der Waals surface area contributed by atoms with E-state index >= 15 is 0 Å². The predicted octanol–water partition coefficient (Wildman–Crippen LogP) is 4.88. The molecule has 1 heterocycles. The fraction of sp³-hybridized carbons (Fsp3) is 0.240. The van der Waals surface area contributed by atoms with Crippen molar-refractivity contribution >= 4 is 34.1 Å². The topological polar surface area (TPSA) is 98.5 Å². The lowest BCUT2D eigenvalue weighted by Crippen LogP contribution is -2.19. The maximum Gasteiger partial charge on any atom is 0.341 e. The summed E-state index contributed by atoms with van der Waals surface area (Å²) in [5.41, 5.74) is 8.06. The van der Waals surface area contributed by atoms with E-state index in [0.29, 0.717) is 5.56 Å². The molecule has 0 atom stereocenters. The van der Waals surface area contributed by atoms with Gasteiger partial charge in [-0.25, -0.2) is 4.79 Å². The summed E-state index contributed by atoms with van der Waals surface area (Å²) < 4.78 is 5.32. The van der Waals surface area contributed by atoms with Crippen molar-refractivity contribution in [2.24, 2.45) is 5.73 Å². The molecule has 0 aliphatic heterocycles. The smallest absolute Gasteiger partial charge is 0.341 e. The third-order valence-corrected chi connectivity index (χ3v) is 6.19. The zero-order chi connectivity index (χ0) is 23.3. The van der Waals surface area contributed by atoms with Crippen molar-refractivity contribution in [3.05, 3.63) is 87.8 Å². The lowest BCUT2D eigenvalue weighted by atomic mass is 9.88. The van der Waals surface area contributed by atoms with Gasteiger partial charge in [-0.2, -0.15) is 0 Å². The minimum atomic E-state index is -0.655. The average molecular weight is 451 g/mol. The van der Waals surface area contributed by atoms with Crippen LogP contribution in [-0.4, -0.2) is 23.9 Å². The minimum absolute atomic E-state index is 0.162. The molecular formula is C25H26N2O4S. The molecular weight excluding hydrogens is 424 g/mol. The number of anilines is 1. The lowest BCUT2D eigenvalue weighted by molar-refractivity contribution is -0.116. The Kier molecular flexibility index (Phi) is 7.43. The maximum absolute atomic E-state index is 13.1. The monoisotopic (exact) mass is 450 g/mol. The largest absolute Gasteiger partial charge is 0.459 e. The Labute approximate surface area is 191 Å². The summed E-state index contributed by atoms with van der Waals surface area (Å²) >= 11 is 0.989. The van der Waals surface area contributed by atoms with Gasteiger partial charge in [-0.15, -0.1) is 11.3 Å². The maximum atomic E-state index is 13.1. The van der Waals surface area contributed by atoms with Crippen LogP contribution in [0.2, 0.25) is 0 Å². The van der Waals surface area contributed by atoms with Crippen LogP contribution in [0.5, 0.6) is 0 Å². The number of thiophene rings is 1. The third-order valence-electron chi connectivity index (χ3n) is 4.96. The molecule has 0 spiro atoms. The highest BCUT2D eigenvalue weighted by atomic mass is 32.1.